The highest BCUT2D eigenvalue weighted by Crippen LogP contribution is 2.34. The van der Waals surface area contributed by atoms with Crippen LogP contribution in [0.1, 0.15) is 28.5 Å². The number of carbonyl (C=O) groups is 1. The molecule has 1 unspecified atom stereocenters. The van der Waals surface area contributed by atoms with Crippen molar-refractivity contribution in [3.63, 3.8) is 0 Å². The Labute approximate surface area is 156 Å². The maximum Gasteiger partial charge on any atom is 0.226 e. The molecule has 0 saturated carbocycles. The minimum atomic E-state index is -0.00375. The first-order valence-electron chi connectivity index (χ1n) is 8.74. The highest BCUT2D eigenvalue weighted by Gasteiger charge is 2.29. The summed E-state index contributed by atoms with van der Waals surface area (Å²) >= 11 is 1.74. The van der Waals surface area contributed by atoms with Crippen LogP contribution in [0.5, 0.6) is 0 Å². The van der Waals surface area contributed by atoms with Gasteiger partial charge in [0.25, 0.3) is 0 Å². The normalized spacial score (nSPS) is 16.3. The minimum absolute atomic E-state index is 0.00375. The number of aromatic amines is 1. The van der Waals surface area contributed by atoms with E-state index in [2.05, 4.69) is 15.0 Å². The van der Waals surface area contributed by atoms with Crippen molar-refractivity contribution in [1.29, 1.82) is 0 Å². The number of imidazole rings is 1. The van der Waals surface area contributed by atoms with Crippen molar-refractivity contribution in [2.75, 3.05) is 7.05 Å². The molecule has 1 aliphatic carbocycles. The molecule has 3 heterocycles. The van der Waals surface area contributed by atoms with Gasteiger partial charge in [-0.2, -0.15) is 0 Å². The van der Waals surface area contributed by atoms with Gasteiger partial charge in [0.2, 0.25) is 5.91 Å². The lowest BCUT2D eigenvalue weighted by Gasteiger charge is -2.25. The van der Waals surface area contributed by atoms with Crippen LogP contribution in [0.3, 0.4) is 0 Å². The van der Waals surface area contributed by atoms with Crippen LogP contribution in [0.4, 0.5) is 0 Å². The first kappa shape index (κ1) is 16.9. The van der Waals surface area contributed by atoms with E-state index in [-0.39, 0.29) is 11.8 Å². The number of pyridine rings is 1. The monoisotopic (exact) mass is 367 g/mol. The van der Waals surface area contributed by atoms with Crippen molar-refractivity contribution in [2.24, 2.45) is 5.92 Å². The largest absolute Gasteiger partial charge is 0.345 e. The third kappa shape index (κ3) is 3.39. The van der Waals surface area contributed by atoms with Crippen LogP contribution < -0.4 is 0 Å². The van der Waals surface area contributed by atoms with Gasteiger partial charge in [0, 0.05) is 54.1 Å². The first-order chi connectivity index (χ1) is 12.6. The number of hydrogen-bond donors (Lipinski definition) is 1. The average molecular weight is 367 g/mol. The van der Waals surface area contributed by atoms with Crippen LogP contribution in [0.2, 0.25) is 0 Å². The molecule has 6 nitrogen and oxygen atoms in total. The number of hydrogen-bond acceptors (Lipinski definition) is 5. The van der Waals surface area contributed by atoms with Crippen molar-refractivity contribution in [3.05, 3.63) is 52.8 Å². The Morgan fingerprint density at radius 3 is 2.92 bits per heavy atom. The summed E-state index contributed by atoms with van der Waals surface area (Å²) in [6.07, 6.45) is 7.88. The molecule has 0 aliphatic heterocycles. The van der Waals surface area contributed by atoms with E-state index < -0.39 is 0 Å². The SMILES string of the molecule is Cc1cnc(CN(C)C(=O)C2CCc3sc(-c4ccncc4)nc3C2)[nH]1. The molecule has 3 aromatic rings. The Balaban J connectivity index is 1.46. The Morgan fingerprint density at radius 1 is 1.38 bits per heavy atom. The van der Waals surface area contributed by atoms with Gasteiger partial charge in [-0.05, 0) is 31.9 Å². The number of carbonyl (C=O) groups excluding carboxylic acids is 1. The van der Waals surface area contributed by atoms with Gasteiger partial charge in [-0.15, -0.1) is 11.3 Å². The van der Waals surface area contributed by atoms with E-state index in [0.29, 0.717) is 6.54 Å². The van der Waals surface area contributed by atoms with Crippen molar-refractivity contribution >= 4 is 17.2 Å². The number of rotatable bonds is 4. The zero-order valence-electron chi connectivity index (χ0n) is 14.9. The lowest BCUT2D eigenvalue weighted by Crippen LogP contribution is -2.35. The topological polar surface area (TPSA) is 74.8 Å². The zero-order chi connectivity index (χ0) is 18.1. The molecule has 0 fully saturated rings. The molecular formula is C19H21N5OS. The van der Waals surface area contributed by atoms with Crippen molar-refractivity contribution in [1.82, 2.24) is 24.8 Å². The van der Waals surface area contributed by atoms with Crippen LogP contribution in [-0.4, -0.2) is 37.8 Å². The average Bonchev–Trinajstić information content (AvgIpc) is 3.27. The smallest absolute Gasteiger partial charge is 0.226 e. The van der Waals surface area contributed by atoms with Crippen molar-refractivity contribution in [2.45, 2.75) is 32.7 Å². The van der Waals surface area contributed by atoms with Crippen LogP contribution in [0.25, 0.3) is 10.6 Å². The van der Waals surface area contributed by atoms with Crippen molar-refractivity contribution < 1.29 is 4.79 Å². The summed E-state index contributed by atoms with van der Waals surface area (Å²) in [5.41, 5.74) is 3.18. The number of aromatic nitrogens is 4. The maximum absolute atomic E-state index is 12.8. The maximum atomic E-state index is 12.8. The molecule has 0 spiro atoms. The van der Waals surface area contributed by atoms with Gasteiger partial charge < -0.3 is 9.88 Å². The van der Waals surface area contributed by atoms with E-state index in [1.54, 1.807) is 34.8 Å². The second kappa shape index (κ2) is 6.99. The van der Waals surface area contributed by atoms with Crippen LogP contribution in [-0.2, 0) is 24.2 Å². The molecule has 1 N–H and O–H groups in total. The number of fused-ring (bicyclic) bond motifs is 1. The molecule has 0 bridgehead atoms. The second-order valence-electron chi connectivity index (χ2n) is 6.77. The summed E-state index contributed by atoms with van der Waals surface area (Å²) in [7, 11) is 1.85. The summed E-state index contributed by atoms with van der Waals surface area (Å²) in [5, 5.41) is 1.02. The fourth-order valence-electron chi connectivity index (χ4n) is 3.37. The second-order valence-corrected chi connectivity index (χ2v) is 7.86. The standard InChI is InChI=1S/C19H21N5OS/c1-12-10-21-17(22-12)11-24(2)19(25)14-3-4-16-15(9-14)23-18(26-16)13-5-7-20-8-6-13/h5-8,10,14H,3-4,9,11H2,1-2H3,(H,21,22). The van der Waals surface area contributed by atoms with E-state index in [9.17, 15) is 4.79 Å². The predicted molar refractivity (Wildman–Crippen MR) is 101 cm³/mol. The van der Waals surface area contributed by atoms with Crippen LogP contribution in [0, 0.1) is 12.8 Å². The number of nitrogens with one attached hydrogen (secondary N) is 1. The number of nitrogens with zero attached hydrogens (tertiary/aromatic N) is 4. The third-order valence-corrected chi connectivity index (χ3v) is 5.94. The molecule has 0 aromatic carbocycles. The summed E-state index contributed by atoms with van der Waals surface area (Å²) in [4.78, 5) is 32.3. The quantitative estimate of drug-likeness (QED) is 0.769. The zero-order valence-corrected chi connectivity index (χ0v) is 15.7. The lowest BCUT2D eigenvalue weighted by atomic mass is 9.90. The van der Waals surface area contributed by atoms with E-state index in [1.807, 2.05) is 26.1 Å². The molecule has 1 amide bonds. The fourth-order valence-corrected chi connectivity index (χ4v) is 4.48. The predicted octanol–water partition coefficient (Wildman–Crippen LogP) is 3.00. The van der Waals surface area contributed by atoms with Crippen LogP contribution >= 0.6 is 11.3 Å². The third-order valence-electron chi connectivity index (χ3n) is 4.73. The molecule has 7 heteroatoms. The summed E-state index contributed by atoms with van der Waals surface area (Å²) < 4.78 is 0. The molecule has 1 aliphatic rings. The molecule has 0 saturated heterocycles. The van der Waals surface area contributed by atoms with Gasteiger partial charge in [0.15, 0.2) is 0 Å². The number of aryl methyl sites for hydroxylation is 2. The lowest BCUT2D eigenvalue weighted by molar-refractivity contribution is -0.135. The number of thiazole rings is 1. The molecule has 134 valence electrons. The van der Waals surface area contributed by atoms with E-state index in [0.717, 1.165) is 47.0 Å². The van der Waals surface area contributed by atoms with E-state index >= 15 is 0 Å². The number of H-pyrrole nitrogens is 1. The van der Waals surface area contributed by atoms with E-state index in [1.165, 1.54) is 4.88 Å². The molecule has 0 radical (unpaired) electrons. The van der Waals surface area contributed by atoms with Gasteiger partial charge in [-0.1, -0.05) is 0 Å². The minimum Gasteiger partial charge on any atom is -0.345 e. The Kier molecular flexibility index (Phi) is 4.55. The Hall–Kier alpha value is -2.54. The van der Waals surface area contributed by atoms with Crippen LogP contribution in [0.15, 0.2) is 30.7 Å². The molecule has 26 heavy (non-hydrogen) atoms. The van der Waals surface area contributed by atoms with Gasteiger partial charge >= 0.3 is 0 Å². The molecule has 3 aromatic heterocycles. The molecule has 4 rings (SSSR count). The first-order valence-corrected chi connectivity index (χ1v) is 9.56. The van der Waals surface area contributed by atoms with Gasteiger partial charge in [0.1, 0.15) is 10.8 Å². The Morgan fingerprint density at radius 2 is 2.19 bits per heavy atom. The summed E-state index contributed by atoms with van der Waals surface area (Å²) in [5.74, 6) is 0.989. The van der Waals surface area contributed by atoms with Gasteiger partial charge in [-0.25, -0.2) is 9.97 Å². The van der Waals surface area contributed by atoms with E-state index in [4.69, 9.17) is 4.98 Å². The molecule has 1 atom stereocenters. The van der Waals surface area contributed by atoms with Gasteiger partial charge in [0.05, 0.1) is 12.2 Å². The highest BCUT2D eigenvalue weighted by atomic mass is 32.1. The Bertz CT molecular complexity index is 917. The summed E-state index contributed by atoms with van der Waals surface area (Å²) in [6, 6.07) is 3.96. The number of amides is 1. The van der Waals surface area contributed by atoms with Gasteiger partial charge in [-0.3, -0.25) is 9.78 Å². The molecular weight excluding hydrogens is 346 g/mol. The summed E-state index contributed by atoms with van der Waals surface area (Å²) in [6.45, 7) is 2.47. The highest BCUT2D eigenvalue weighted by molar-refractivity contribution is 7.15. The fraction of sp³-hybridized carbons (Fsp3) is 0.368. The van der Waals surface area contributed by atoms with Crippen molar-refractivity contribution in [3.8, 4) is 10.6 Å².